The zero-order chi connectivity index (χ0) is 7.68. The van der Waals surface area contributed by atoms with Gasteiger partial charge in [0.2, 0.25) is 0 Å². The molecule has 0 radical (unpaired) electrons. The molecule has 2 unspecified atom stereocenters. The van der Waals surface area contributed by atoms with Crippen molar-refractivity contribution in [3.8, 4) is 0 Å². The van der Waals surface area contributed by atoms with Gasteiger partial charge < -0.3 is 0 Å². The molecule has 0 heteroatoms. The van der Waals surface area contributed by atoms with Gasteiger partial charge in [-0.25, -0.2) is 0 Å². The van der Waals surface area contributed by atoms with E-state index in [0.717, 1.165) is 0 Å². The zero-order valence-corrected chi connectivity index (χ0v) is 7.68. The summed E-state index contributed by atoms with van der Waals surface area (Å²) >= 11 is 0. The van der Waals surface area contributed by atoms with Crippen molar-refractivity contribution in [1.82, 2.24) is 0 Å². The summed E-state index contributed by atoms with van der Waals surface area (Å²) < 4.78 is 0. The standard InChI is InChI=1S/C11H20/c1-2-3-4-6-9-10-7-5-8-11(9)10/h9-11H,2-8H2,1H3. The van der Waals surface area contributed by atoms with Crippen molar-refractivity contribution in [2.75, 3.05) is 0 Å². The molecule has 0 aromatic carbocycles. The maximum absolute atomic E-state index is 2.30. The van der Waals surface area contributed by atoms with Gasteiger partial charge in [0.15, 0.2) is 0 Å². The van der Waals surface area contributed by atoms with Crippen LogP contribution in [0.1, 0.15) is 51.9 Å². The van der Waals surface area contributed by atoms with Gasteiger partial charge in [-0.05, 0) is 37.0 Å². The summed E-state index contributed by atoms with van der Waals surface area (Å²) in [5.74, 6) is 3.59. The maximum Gasteiger partial charge on any atom is -0.0352 e. The van der Waals surface area contributed by atoms with Crippen LogP contribution in [0.15, 0.2) is 0 Å². The van der Waals surface area contributed by atoms with Gasteiger partial charge in [-0.1, -0.05) is 32.6 Å². The van der Waals surface area contributed by atoms with Gasteiger partial charge in [-0.2, -0.15) is 0 Å². The lowest BCUT2D eigenvalue weighted by molar-refractivity contribution is 0.519. The van der Waals surface area contributed by atoms with Crippen LogP contribution in [-0.2, 0) is 0 Å². The molecule has 64 valence electrons. The van der Waals surface area contributed by atoms with E-state index in [9.17, 15) is 0 Å². The summed E-state index contributed by atoms with van der Waals surface area (Å²) in [6, 6.07) is 0. The third kappa shape index (κ3) is 1.45. The summed E-state index contributed by atoms with van der Waals surface area (Å²) in [6.07, 6.45) is 10.6. The van der Waals surface area contributed by atoms with Crippen molar-refractivity contribution >= 4 is 0 Å². The van der Waals surface area contributed by atoms with E-state index < -0.39 is 0 Å². The fourth-order valence-electron chi connectivity index (χ4n) is 3.03. The fraction of sp³-hybridized carbons (Fsp3) is 1.00. The van der Waals surface area contributed by atoms with E-state index in [-0.39, 0.29) is 0 Å². The smallest absolute Gasteiger partial charge is 0.0352 e. The monoisotopic (exact) mass is 152 g/mol. The molecular formula is C11H20. The Hall–Kier alpha value is 0. The number of hydrogen-bond donors (Lipinski definition) is 0. The zero-order valence-electron chi connectivity index (χ0n) is 7.68. The summed E-state index contributed by atoms with van der Waals surface area (Å²) in [5.41, 5.74) is 0. The Bertz CT molecular complexity index is 118. The van der Waals surface area contributed by atoms with Crippen LogP contribution in [0.2, 0.25) is 0 Å². The second-order valence-electron chi connectivity index (χ2n) is 4.42. The van der Waals surface area contributed by atoms with Crippen LogP contribution < -0.4 is 0 Å². The summed E-state index contributed by atoms with van der Waals surface area (Å²) in [5, 5.41) is 0. The summed E-state index contributed by atoms with van der Waals surface area (Å²) in [7, 11) is 0. The van der Waals surface area contributed by atoms with E-state index in [2.05, 4.69) is 6.92 Å². The third-order valence-electron chi connectivity index (χ3n) is 3.72. The highest BCUT2D eigenvalue weighted by Gasteiger charge is 2.51. The van der Waals surface area contributed by atoms with E-state index in [1.807, 2.05) is 0 Å². The highest BCUT2D eigenvalue weighted by Crippen LogP contribution is 2.59. The minimum absolute atomic E-state index is 1.19. The predicted molar refractivity (Wildman–Crippen MR) is 48.5 cm³/mol. The minimum Gasteiger partial charge on any atom is -0.0654 e. The fourth-order valence-corrected chi connectivity index (χ4v) is 3.03. The molecule has 0 bridgehead atoms. The summed E-state index contributed by atoms with van der Waals surface area (Å²) in [6.45, 7) is 2.30. The van der Waals surface area contributed by atoms with Gasteiger partial charge in [0.1, 0.15) is 0 Å². The number of fused-ring (bicyclic) bond motifs is 1. The van der Waals surface area contributed by atoms with Crippen LogP contribution in [0.4, 0.5) is 0 Å². The summed E-state index contributed by atoms with van der Waals surface area (Å²) in [4.78, 5) is 0. The van der Waals surface area contributed by atoms with Gasteiger partial charge in [-0.15, -0.1) is 0 Å². The molecule has 2 aliphatic rings. The van der Waals surface area contributed by atoms with Crippen molar-refractivity contribution in [3.63, 3.8) is 0 Å². The molecule has 2 atom stereocenters. The molecule has 0 N–H and O–H groups in total. The van der Waals surface area contributed by atoms with Crippen LogP contribution in [0.25, 0.3) is 0 Å². The second kappa shape index (κ2) is 3.16. The highest BCUT2D eigenvalue weighted by molar-refractivity contribution is 5.00. The Labute approximate surface area is 70.4 Å². The van der Waals surface area contributed by atoms with Gasteiger partial charge in [0.25, 0.3) is 0 Å². The molecular weight excluding hydrogens is 132 g/mol. The van der Waals surface area contributed by atoms with Crippen molar-refractivity contribution in [2.45, 2.75) is 51.9 Å². The van der Waals surface area contributed by atoms with Crippen LogP contribution in [0.3, 0.4) is 0 Å². The lowest BCUT2D eigenvalue weighted by Crippen LogP contribution is -1.87. The first-order valence-corrected chi connectivity index (χ1v) is 5.43. The molecule has 0 heterocycles. The van der Waals surface area contributed by atoms with Gasteiger partial charge in [0.05, 0.1) is 0 Å². The topological polar surface area (TPSA) is 0 Å². The molecule has 0 aliphatic heterocycles. The Morgan fingerprint density at radius 2 is 1.82 bits per heavy atom. The van der Waals surface area contributed by atoms with Gasteiger partial charge >= 0.3 is 0 Å². The predicted octanol–water partition coefficient (Wildman–Crippen LogP) is 3.61. The van der Waals surface area contributed by atoms with Gasteiger partial charge in [0, 0.05) is 0 Å². The first kappa shape index (κ1) is 7.64. The van der Waals surface area contributed by atoms with Gasteiger partial charge in [-0.3, -0.25) is 0 Å². The lowest BCUT2D eigenvalue weighted by atomic mass is 10.1. The lowest BCUT2D eigenvalue weighted by Gasteiger charge is -2.00. The number of hydrogen-bond acceptors (Lipinski definition) is 0. The molecule has 0 aromatic heterocycles. The van der Waals surface area contributed by atoms with Crippen molar-refractivity contribution in [1.29, 1.82) is 0 Å². The molecule has 2 aliphatic carbocycles. The minimum atomic E-state index is 1.19. The van der Waals surface area contributed by atoms with Crippen molar-refractivity contribution in [2.24, 2.45) is 17.8 Å². The SMILES string of the molecule is CCCCCC1C2CCCC12. The van der Waals surface area contributed by atoms with Crippen LogP contribution in [0, 0.1) is 17.8 Å². The van der Waals surface area contributed by atoms with Crippen LogP contribution >= 0.6 is 0 Å². The molecule has 11 heavy (non-hydrogen) atoms. The quantitative estimate of drug-likeness (QED) is 0.540. The third-order valence-corrected chi connectivity index (χ3v) is 3.72. The molecule has 0 aromatic rings. The second-order valence-corrected chi connectivity index (χ2v) is 4.42. The van der Waals surface area contributed by atoms with E-state index in [1.165, 1.54) is 37.0 Å². The van der Waals surface area contributed by atoms with E-state index in [1.54, 1.807) is 25.7 Å². The first-order valence-electron chi connectivity index (χ1n) is 5.43. The highest BCUT2D eigenvalue weighted by atomic mass is 14.6. The first-order chi connectivity index (χ1) is 5.43. The van der Waals surface area contributed by atoms with E-state index in [4.69, 9.17) is 0 Å². The molecule has 2 saturated carbocycles. The molecule has 0 saturated heterocycles. The van der Waals surface area contributed by atoms with Crippen molar-refractivity contribution < 1.29 is 0 Å². The van der Waals surface area contributed by atoms with Crippen molar-refractivity contribution in [3.05, 3.63) is 0 Å². The average Bonchev–Trinajstić information content (AvgIpc) is 2.46. The molecule has 0 nitrogen and oxygen atoms in total. The maximum atomic E-state index is 2.30. The Balaban J connectivity index is 1.60. The Morgan fingerprint density at radius 1 is 1.09 bits per heavy atom. The Morgan fingerprint density at radius 3 is 2.45 bits per heavy atom. The largest absolute Gasteiger partial charge is 0.0654 e. The molecule has 0 amide bonds. The van der Waals surface area contributed by atoms with E-state index >= 15 is 0 Å². The van der Waals surface area contributed by atoms with E-state index in [0.29, 0.717) is 0 Å². The molecule has 2 rings (SSSR count). The molecule has 0 spiro atoms. The number of unbranched alkanes of at least 4 members (excludes halogenated alkanes) is 2. The normalized spacial score (nSPS) is 40.6. The molecule has 2 fully saturated rings. The van der Waals surface area contributed by atoms with Crippen LogP contribution in [0.5, 0.6) is 0 Å². The van der Waals surface area contributed by atoms with Crippen LogP contribution in [-0.4, -0.2) is 0 Å². The Kier molecular flexibility index (Phi) is 2.20. The number of rotatable bonds is 4. The average molecular weight is 152 g/mol.